The van der Waals surface area contributed by atoms with E-state index in [2.05, 4.69) is 12.2 Å². The van der Waals surface area contributed by atoms with Crippen molar-refractivity contribution in [3.8, 4) is 0 Å². The van der Waals surface area contributed by atoms with Crippen molar-refractivity contribution in [2.75, 3.05) is 13.2 Å². The SMILES string of the molecule is CCCCC1CCCC1NCCO. The molecule has 1 rings (SSSR count). The minimum Gasteiger partial charge on any atom is -0.395 e. The highest BCUT2D eigenvalue weighted by Gasteiger charge is 2.25. The van der Waals surface area contributed by atoms with Crippen LogP contribution in [0, 0.1) is 5.92 Å². The fraction of sp³-hybridized carbons (Fsp3) is 1.00. The molecule has 0 spiro atoms. The molecular formula is C11H23NO. The van der Waals surface area contributed by atoms with E-state index in [0.717, 1.165) is 12.5 Å². The molecule has 0 aromatic heterocycles. The molecule has 1 aliphatic rings. The molecule has 1 saturated carbocycles. The van der Waals surface area contributed by atoms with Gasteiger partial charge in [-0.25, -0.2) is 0 Å². The normalized spacial score (nSPS) is 28.2. The third-order valence-electron chi connectivity index (χ3n) is 3.11. The molecule has 0 aromatic carbocycles. The molecule has 1 aliphatic carbocycles. The number of unbranched alkanes of at least 4 members (excludes halogenated alkanes) is 1. The highest BCUT2D eigenvalue weighted by atomic mass is 16.3. The third kappa shape index (κ3) is 3.65. The fourth-order valence-electron chi connectivity index (χ4n) is 2.37. The Morgan fingerprint density at radius 3 is 2.92 bits per heavy atom. The average Bonchev–Trinajstić information content (AvgIpc) is 2.59. The van der Waals surface area contributed by atoms with E-state index in [1.807, 2.05) is 0 Å². The first-order valence-corrected chi connectivity index (χ1v) is 5.72. The van der Waals surface area contributed by atoms with Gasteiger partial charge < -0.3 is 10.4 Å². The minimum absolute atomic E-state index is 0.275. The lowest BCUT2D eigenvalue weighted by atomic mass is 9.97. The summed E-state index contributed by atoms with van der Waals surface area (Å²) in [5, 5.41) is 12.2. The largest absolute Gasteiger partial charge is 0.395 e. The molecule has 0 heterocycles. The first-order chi connectivity index (χ1) is 6.38. The Kier molecular flexibility index (Phi) is 5.40. The van der Waals surface area contributed by atoms with E-state index < -0.39 is 0 Å². The van der Waals surface area contributed by atoms with Crippen LogP contribution in [0.15, 0.2) is 0 Å². The highest BCUT2D eigenvalue weighted by molar-refractivity contribution is 4.82. The van der Waals surface area contributed by atoms with Crippen molar-refractivity contribution in [3.05, 3.63) is 0 Å². The number of aliphatic hydroxyl groups excluding tert-OH is 1. The second-order valence-electron chi connectivity index (χ2n) is 4.12. The number of nitrogens with one attached hydrogen (secondary N) is 1. The zero-order valence-corrected chi connectivity index (χ0v) is 8.76. The minimum atomic E-state index is 0.275. The van der Waals surface area contributed by atoms with Crippen LogP contribution in [0.25, 0.3) is 0 Å². The van der Waals surface area contributed by atoms with Gasteiger partial charge in [-0.1, -0.05) is 26.2 Å². The summed E-state index contributed by atoms with van der Waals surface area (Å²) in [4.78, 5) is 0. The van der Waals surface area contributed by atoms with Crippen LogP contribution in [-0.2, 0) is 0 Å². The Morgan fingerprint density at radius 2 is 2.23 bits per heavy atom. The molecule has 2 unspecified atom stereocenters. The third-order valence-corrected chi connectivity index (χ3v) is 3.11. The topological polar surface area (TPSA) is 32.3 Å². The first kappa shape index (κ1) is 11.0. The Labute approximate surface area is 81.7 Å². The van der Waals surface area contributed by atoms with Gasteiger partial charge in [0.25, 0.3) is 0 Å². The summed E-state index contributed by atoms with van der Waals surface area (Å²) in [6.45, 7) is 3.30. The van der Waals surface area contributed by atoms with E-state index in [9.17, 15) is 0 Å². The van der Waals surface area contributed by atoms with E-state index in [4.69, 9.17) is 5.11 Å². The number of rotatable bonds is 6. The summed E-state index contributed by atoms with van der Waals surface area (Å²) in [5.74, 6) is 0.881. The number of hydrogen-bond donors (Lipinski definition) is 2. The van der Waals surface area contributed by atoms with Crippen molar-refractivity contribution >= 4 is 0 Å². The van der Waals surface area contributed by atoms with Crippen LogP contribution < -0.4 is 5.32 Å². The molecule has 0 saturated heterocycles. The van der Waals surface area contributed by atoms with Crippen LogP contribution >= 0.6 is 0 Å². The van der Waals surface area contributed by atoms with Gasteiger partial charge in [-0.15, -0.1) is 0 Å². The van der Waals surface area contributed by atoms with Crippen molar-refractivity contribution in [1.82, 2.24) is 5.32 Å². The van der Waals surface area contributed by atoms with Crippen molar-refractivity contribution in [1.29, 1.82) is 0 Å². The lowest BCUT2D eigenvalue weighted by Crippen LogP contribution is -2.34. The van der Waals surface area contributed by atoms with E-state index in [1.54, 1.807) is 0 Å². The van der Waals surface area contributed by atoms with Gasteiger partial charge in [0.1, 0.15) is 0 Å². The molecule has 1 fully saturated rings. The van der Waals surface area contributed by atoms with Gasteiger partial charge in [-0.05, 0) is 25.2 Å². The molecule has 13 heavy (non-hydrogen) atoms. The molecule has 2 atom stereocenters. The van der Waals surface area contributed by atoms with Gasteiger partial charge in [0.15, 0.2) is 0 Å². The first-order valence-electron chi connectivity index (χ1n) is 5.72. The van der Waals surface area contributed by atoms with Crippen molar-refractivity contribution < 1.29 is 5.11 Å². The molecule has 2 N–H and O–H groups in total. The summed E-state index contributed by atoms with van der Waals surface area (Å²) in [6.07, 6.45) is 8.12. The van der Waals surface area contributed by atoms with Gasteiger partial charge in [-0.2, -0.15) is 0 Å². The molecule has 2 heteroatoms. The summed E-state index contributed by atoms with van der Waals surface area (Å²) in [6, 6.07) is 0.693. The van der Waals surface area contributed by atoms with Crippen LogP contribution in [0.5, 0.6) is 0 Å². The van der Waals surface area contributed by atoms with E-state index in [1.165, 1.54) is 38.5 Å². The van der Waals surface area contributed by atoms with Gasteiger partial charge in [0.05, 0.1) is 6.61 Å². The van der Waals surface area contributed by atoms with Crippen LogP contribution in [0.2, 0.25) is 0 Å². The predicted octanol–water partition coefficient (Wildman–Crippen LogP) is 1.93. The number of aliphatic hydroxyl groups is 1. The molecule has 0 aliphatic heterocycles. The van der Waals surface area contributed by atoms with Crippen LogP contribution in [0.1, 0.15) is 45.4 Å². The maximum absolute atomic E-state index is 8.73. The Morgan fingerprint density at radius 1 is 1.38 bits per heavy atom. The van der Waals surface area contributed by atoms with E-state index in [0.29, 0.717) is 6.04 Å². The second kappa shape index (κ2) is 6.39. The highest BCUT2D eigenvalue weighted by Crippen LogP contribution is 2.29. The lowest BCUT2D eigenvalue weighted by Gasteiger charge is -2.20. The monoisotopic (exact) mass is 185 g/mol. The Balaban J connectivity index is 2.18. The fourth-order valence-corrected chi connectivity index (χ4v) is 2.37. The molecule has 2 nitrogen and oxygen atoms in total. The molecule has 78 valence electrons. The van der Waals surface area contributed by atoms with Crippen molar-refractivity contribution in [2.45, 2.75) is 51.5 Å². The lowest BCUT2D eigenvalue weighted by molar-refractivity contribution is 0.271. The van der Waals surface area contributed by atoms with Gasteiger partial charge >= 0.3 is 0 Å². The quantitative estimate of drug-likeness (QED) is 0.662. The second-order valence-corrected chi connectivity index (χ2v) is 4.12. The predicted molar refractivity (Wildman–Crippen MR) is 55.7 cm³/mol. The summed E-state index contributed by atoms with van der Waals surface area (Å²) >= 11 is 0. The van der Waals surface area contributed by atoms with E-state index >= 15 is 0 Å². The molecule has 0 radical (unpaired) electrons. The molecule has 0 bridgehead atoms. The van der Waals surface area contributed by atoms with Crippen LogP contribution in [-0.4, -0.2) is 24.3 Å². The van der Waals surface area contributed by atoms with Gasteiger partial charge in [0, 0.05) is 12.6 Å². The zero-order chi connectivity index (χ0) is 9.52. The molecular weight excluding hydrogens is 162 g/mol. The standard InChI is InChI=1S/C11H23NO/c1-2-3-5-10-6-4-7-11(10)12-8-9-13/h10-13H,2-9H2,1H3. The van der Waals surface area contributed by atoms with Crippen molar-refractivity contribution in [2.24, 2.45) is 5.92 Å². The molecule has 0 aromatic rings. The summed E-state index contributed by atoms with van der Waals surface area (Å²) in [5.41, 5.74) is 0. The van der Waals surface area contributed by atoms with Crippen LogP contribution in [0.4, 0.5) is 0 Å². The maximum atomic E-state index is 8.73. The Bertz CT molecular complexity index is 113. The van der Waals surface area contributed by atoms with Crippen LogP contribution in [0.3, 0.4) is 0 Å². The smallest absolute Gasteiger partial charge is 0.0556 e. The summed E-state index contributed by atoms with van der Waals surface area (Å²) in [7, 11) is 0. The van der Waals surface area contributed by atoms with Gasteiger partial charge in [-0.3, -0.25) is 0 Å². The summed E-state index contributed by atoms with van der Waals surface area (Å²) < 4.78 is 0. The average molecular weight is 185 g/mol. The van der Waals surface area contributed by atoms with E-state index in [-0.39, 0.29) is 6.61 Å². The van der Waals surface area contributed by atoms with Gasteiger partial charge in [0.2, 0.25) is 0 Å². The van der Waals surface area contributed by atoms with Crippen molar-refractivity contribution in [3.63, 3.8) is 0 Å². The maximum Gasteiger partial charge on any atom is 0.0556 e. The zero-order valence-electron chi connectivity index (χ0n) is 8.76. The molecule has 0 amide bonds. The Hall–Kier alpha value is -0.0800. The number of hydrogen-bond acceptors (Lipinski definition) is 2.